The lowest BCUT2D eigenvalue weighted by molar-refractivity contribution is 0.299. The summed E-state index contributed by atoms with van der Waals surface area (Å²) < 4.78 is 7.18. The number of unbranched alkanes of at least 4 members (excludes halogenated alkanes) is 1. The average molecular weight is 618 g/mol. The van der Waals surface area contributed by atoms with E-state index in [2.05, 4.69) is 154 Å². The van der Waals surface area contributed by atoms with Gasteiger partial charge in [0.25, 0.3) is 0 Å². The molecule has 0 spiro atoms. The highest BCUT2D eigenvalue weighted by molar-refractivity contribution is 9.09. The Morgan fingerprint density at radius 1 is 0.595 bits per heavy atom. The Bertz CT molecular complexity index is 1240. The van der Waals surface area contributed by atoms with E-state index >= 15 is 0 Å². The van der Waals surface area contributed by atoms with Crippen molar-refractivity contribution in [1.29, 1.82) is 0 Å². The van der Waals surface area contributed by atoms with Crippen LogP contribution in [-0.4, -0.2) is 4.83 Å². The molecule has 190 valence electrons. The third-order valence-corrected chi connectivity index (χ3v) is 9.45. The highest BCUT2D eigenvalue weighted by Gasteiger charge is 2.74. The van der Waals surface area contributed by atoms with E-state index in [-0.39, 0.29) is 4.83 Å². The first-order valence-electron chi connectivity index (χ1n) is 13.4. The van der Waals surface area contributed by atoms with Gasteiger partial charge >= 0.3 is 0 Å². The van der Waals surface area contributed by atoms with Crippen LogP contribution in [-0.2, 0) is 15.9 Å². The Kier molecular flexibility index (Phi) is 8.34. The fourth-order valence-electron chi connectivity index (χ4n) is 5.72. The molecule has 0 saturated carbocycles. The molecule has 1 saturated heterocycles. The topological polar surface area (TPSA) is 12.5 Å². The van der Waals surface area contributed by atoms with E-state index in [9.17, 15) is 0 Å². The Hall–Kier alpha value is -2.20. The molecule has 1 aliphatic rings. The van der Waals surface area contributed by atoms with Crippen molar-refractivity contribution in [3.63, 3.8) is 0 Å². The number of benzene rings is 4. The first-order chi connectivity index (χ1) is 18.1. The normalized spacial score (nSPS) is 19.8. The minimum atomic E-state index is -0.629. The van der Waals surface area contributed by atoms with Crippen molar-refractivity contribution in [3.05, 3.63) is 143 Å². The van der Waals surface area contributed by atoms with Gasteiger partial charge in [-0.15, -0.1) is 0 Å². The second-order valence-electron chi connectivity index (χ2n) is 9.93. The van der Waals surface area contributed by atoms with E-state index in [4.69, 9.17) is 4.74 Å². The summed E-state index contributed by atoms with van der Waals surface area (Å²) in [7, 11) is 0. The maximum absolute atomic E-state index is 7.18. The summed E-state index contributed by atoms with van der Waals surface area (Å²) in [6, 6.07) is 41.0. The molecule has 0 N–H and O–H groups in total. The predicted molar refractivity (Wildman–Crippen MR) is 162 cm³/mol. The zero-order valence-corrected chi connectivity index (χ0v) is 24.5. The number of hydrogen-bond acceptors (Lipinski definition) is 1. The van der Waals surface area contributed by atoms with Crippen LogP contribution in [0.15, 0.2) is 115 Å². The summed E-state index contributed by atoms with van der Waals surface area (Å²) in [5, 5.41) is 0. The summed E-state index contributed by atoms with van der Waals surface area (Å²) in [4.78, 5) is 0.784. The van der Waals surface area contributed by atoms with E-state index in [0.717, 1.165) is 12.8 Å². The van der Waals surface area contributed by atoms with Gasteiger partial charge in [0, 0.05) is 9.65 Å². The van der Waals surface area contributed by atoms with Gasteiger partial charge in [0.05, 0.1) is 0 Å². The molecule has 1 aliphatic heterocycles. The SMILES string of the molecule is CCCCC(Br)CCC(Br)c1ccccc1C1(c2ccccc2)OC1(c1ccccc1)c1ccccc1. The molecule has 4 aromatic carbocycles. The largest absolute Gasteiger partial charge is 0.342 e. The fourth-order valence-corrected chi connectivity index (χ4v) is 6.97. The molecular formula is C34H34Br2O. The van der Waals surface area contributed by atoms with Crippen LogP contribution >= 0.6 is 31.9 Å². The summed E-state index contributed by atoms with van der Waals surface area (Å²) in [6.45, 7) is 2.26. The molecule has 1 heterocycles. The molecule has 3 unspecified atom stereocenters. The van der Waals surface area contributed by atoms with Gasteiger partial charge in [-0.05, 0) is 47.1 Å². The highest BCUT2D eigenvalue weighted by atomic mass is 79.9. The molecular weight excluding hydrogens is 584 g/mol. The van der Waals surface area contributed by atoms with E-state index in [0.29, 0.717) is 4.83 Å². The molecule has 3 atom stereocenters. The first-order valence-corrected chi connectivity index (χ1v) is 15.2. The number of epoxide rings is 1. The van der Waals surface area contributed by atoms with Gasteiger partial charge in [-0.25, -0.2) is 0 Å². The number of hydrogen-bond donors (Lipinski definition) is 0. The van der Waals surface area contributed by atoms with Gasteiger partial charge in [0.15, 0.2) is 11.2 Å². The minimum absolute atomic E-state index is 0.236. The van der Waals surface area contributed by atoms with Crippen molar-refractivity contribution in [2.24, 2.45) is 0 Å². The van der Waals surface area contributed by atoms with Crippen LogP contribution in [0.2, 0.25) is 0 Å². The Labute approximate surface area is 238 Å². The van der Waals surface area contributed by atoms with Crippen molar-refractivity contribution < 1.29 is 4.74 Å². The maximum Gasteiger partial charge on any atom is 0.158 e. The highest BCUT2D eigenvalue weighted by Crippen LogP contribution is 2.69. The molecule has 1 nitrogen and oxygen atoms in total. The first kappa shape index (κ1) is 26.4. The molecule has 0 radical (unpaired) electrons. The summed E-state index contributed by atoms with van der Waals surface area (Å²) in [5.41, 5.74) is 4.81. The van der Waals surface area contributed by atoms with Gasteiger partial charge < -0.3 is 4.74 Å². The van der Waals surface area contributed by atoms with Gasteiger partial charge in [0.1, 0.15) is 0 Å². The van der Waals surface area contributed by atoms with Crippen molar-refractivity contribution in [1.82, 2.24) is 0 Å². The minimum Gasteiger partial charge on any atom is -0.342 e. The zero-order chi connectivity index (χ0) is 25.7. The van der Waals surface area contributed by atoms with Crippen molar-refractivity contribution >= 4 is 31.9 Å². The Morgan fingerprint density at radius 3 is 1.62 bits per heavy atom. The van der Waals surface area contributed by atoms with Gasteiger partial charge in [-0.2, -0.15) is 0 Å². The van der Waals surface area contributed by atoms with Crippen LogP contribution in [0, 0.1) is 0 Å². The van der Waals surface area contributed by atoms with Crippen molar-refractivity contribution in [3.8, 4) is 0 Å². The monoisotopic (exact) mass is 616 g/mol. The third-order valence-electron chi connectivity index (χ3n) is 7.58. The molecule has 0 bridgehead atoms. The van der Waals surface area contributed by atoms with Gasteiger partial charge in [0.2, 0.25) is 0 Å². The van der Waals surface area contributed by atoms with Crippen LogP contribution in [0.1, 0.15) is 71.7 Å². The fraction of sp³-hybridized carbons (Fsp3) is 0.294. The number of ether oxygens (including phenoxy) is 1. The molecule has 1 fully saturated rings. The number of alkyl halides is 2. The van der Waals surface area contributed by atoms with E-state index in [1.54, 1.807) is 0 Å². The molecule has 3 heteroatoms. The molecule has 37 heavy (non-hydrogen) atoms. The van der Waals surface area contributed by atoms with E-state index in [1.165, 1.54) is 47.1 Å². The summed E-state index contributed by atoms with van der Waals surface area (Å²) in [5.74, 6) is 0. The second kappa shape index (κ2) is 11.7. The molecule has 0 amide bonds. The van der Waals surface area contributed by atoms with Crippen molar-refractivity contribution in [2.75, 3.05) is 0 Å². The number of halogens is 2. The smallest absolute Gasteiger partial charge is 0.158 e. The second-order valence-corrected chi connectivity index (χ2v) is 12.3. The molecule has 5 rings (SSSR count). The zero-order valence-electron chi connectivity index (χ0n) is 21.3. The average Bonchev–Trinajstić information content (AvgIpc) is 3.69. The van der Waals surface area contributed by atoms with Crippen LogP contribution in [0.3, 0.4) is 0 Å². The maximum atomic E-state index is 7.18. The summed E-state index contributed by atoms with van der Waals surface area (Å²) >= 11 is 8.02. The van der Waals surface area contributed by atoms with Crippen LogP contribution in [0.4, 0.5) is 0 Å². The van der Waals surface area contributed by atoms with Crippen LogP contribution in [0.5, 0.6) is 0 Å². The molecule has 4 aromatic rings. The lowest BCUT2D eigenvalue weighted by Gasteiger charge is -2.26. The van der Waals surface area contributed by atoms with Gasteiger partial charge in [-0.1, -0.05) is 167 Å². The summed E-state index contributed by atoms with van der Waals surface area (Å²) in [6.07, 6.45) is 5.92. The van der Waals surface area contributed by atoms with Crippen LogP contribution < -0.4 is 0 Å². The third kappa shape index (κ3) is 4.99. The standard InChI is InChI=1S/C34H34Br2O/c1-2-3-21-29(35)24-25-32(36)30-22-13-14-23-31(30)34(28-19-11-6-12-20-28)33(37-34,26-15-7-4-8-16-26)27-17-9-5-10-18-27/h4-20,22-23,29,32H,2-3,21,24-25H2,1H3. The van der Waals surface area contributed by atoms with E-state index in [1.807, 2.05) is 0 Å². The predicted octanol–water partition coefficient (Wildman–Crippen LogP) is 10.1. The van der Waals surface area contributed by atoms with Crippen LogP contribution in [0.25, 0.3) is 0 Å². The Morgan fingerprint density at radius 2 is 1.08 bits per heavy atom. The molecule has 0 aliphatic carbocycles. The van der Waals surface area contributed by atoms with Gasteiger partial charge in [-0.3, -0.25) is 0 Å². The lowest BCUT2D eigenvalue weighted by Crippen LogP contribution is -2.26. The van der Waals surface area contributed by atoms with Crippen molar-refractivity contribution in [2.45, 2.75) is 59.9 Å². The van der Waals surface area contributed by atoms with E-state index < -0.39 is 11.2 Å². The quantitative estimate of drug-likeness (QED) is 0.120. The lowest BCUT2D eigenvalue weighted by atomic mass is 9.72. The molecule has 0 aromatic heterocycles. The number of rotatable bonds is 11. The Balaban J connectivity index is 1.64.